The number of carbonyl (C=O) groups excluding carboxylic acids is 2. The molecule has 0 spiro atoms. The van der Waals surface area contributed by atoms with Crippen molar-refractivity contribution in [3.8, 4) is 0 Å². The Labute approximate surface area is 93.2 Å². The molecule has 2 N–H and O–H groups in total. The summed E-state index contributed by atoms with van der Waals surface area (Å²) in [6.45, 7) is 0.180. The molecule has 16 heavy (non-hydrogen) atoms. The van der Waals surface area contributed by atoms with Gasteiger partial charge in [0.15, 0.2) is 0 Å². The Hall–Kier alpha value is -1.14. The topological polar surface area (TPSA) is 93.1 Å². The average molecular weight is 232 g/mol. The van der Waals surface area contributed by atoms with Crippen molar-refractivity contribution in [3.63, 3.8) is 0 Å². The van der Waals surface area contributed by atoms with Gasteiger partial charge in [-0.25, -0.2) is 9.59 Å². The zero-order chi connectivity index (χ0) is 12.0. The van der Waals surface area contributed by atoms with Crippen LogP contribution in [0.15, 0.2) is 0 Å². The minimum absolute atomic E-state index is 0.0869. The van der Waals surface area contributed by atoms with Gasteiger partial charge in [0.2, 0.25) is 0 Å². The van der Waals surface area contributed by atoms with Gasteiger partial charge in [-0.05, 0) is 12.8 Å². The maximum atomic E-state index is 10.7. The number of esters is 2. The Balaban J connectivity index is 2.13. The summed E-state index contributed by atoms with van der Waals surface area (Å²) in [4.78, 5) is 21.4. The van der Waals surface area contributed by atoms with E-state index in [4.69, 9.17) is 5.11 Å². The lowest BCUT2D eigenvalue weighted by Gasteiger charge is -2.17. The molecule has 0 atom stereocenters. The van der Waals surface area contributed by atoms with Gasteiger partial charge in [-0.3, -0.25) is 0 Å². The number of rotatable bonds is 7. The Kier molecular flexibility index (Phi) is 4.70. The maximum Gasteiger partial charge on any atom is 0.422 e. The van der Waals surface area contributed by atoms with Gasteiger partial charge in [0.05, 0.1) is 6.42 Å². The molecule has 6 heteroatoms. The van der Waals surface area contributed by atoms with E-state index in [1.54, 1.807) is 0 Å². The Bertz CT molecular complexity index is 246. The van der Waals surface area contributed by atoms with Gasteiger partial charge < -0.3 is 19.7 Å². The van der Waals surface area contributed by atoms with Crippen molar-refractivity contribution >= 4 is 11.9 Å². The van der Waals surface area contributed by atoms with Crippen LogP contribution < -0.4 is 0 Å². The molecule has 0 amide bonds. The van der Waals surface area contributed by atoms with Gasteiger partial charge in [-0.2, -0.15) is 0 Å². The highest BCUT2D eigenvalue weighted by Gasteiger charge is 2.46. The molecule has 0 aliphatic carbocycles. The SMILES string of the molecule is O=C1OC(O)(CCCCCCCO)OC1=O. The normalized spacial score (nSPS) is 18.4. The molecular formula is C10H16O6. The molecule has 1 rings (SSSR count). The van der Waals surface area contributed by atoms with Crippen LogP contribution in [-0.4, -0.2) is 34.7 Å². The second-order valence-electron chi connectivity index (χ2n) is 3.73. The van der Waals surface area contributed by atoms with E-state index in [9.17, 15) is 14.7 Å². The first-order valence-corrected chi connectivity index (χ1v) is 5.37. The van der Waals surface area contributed by atoms with E-state index in [0.717, 1.165) is 25.7 Å². The number of cyclic esters (lactones) is 2. The minimum Gasteiger partial charge on any atom is -0.396 e. The van der Waals surface area contributed by atoms with Crippen molar-refractivity contribution in [1.82, 2.24) is 0 Å². The number of aliphatic hydroxyl groups excluding tert-OH is 1. The highest BCUT2D eigenvalue weighted by Crippen LogP contribution is 2.24. The van der Waals surface area contributed by atoms with Crippen LogP contribution in [0.1, 0.15) is 38.5 Å². The molecule has 6 nitrogen and oxygen atoms in total. The minimum atomic E-state index is -2.06. The number of unbranched alkanes of at least 4 members (excludes halogenated alkanes) is 4. The monoisotopic (exact) mass is 232 g/mol. The van der Waals surface area contributed by atoms with Crippen LogP contribution in [0.4, 0.5) is 0 Å². The maximum absolute atomic E-state index is 10.7. The Morgan fingerprint density at radius 3 is 2.00 bits per heavy atom. The highest BCUT2D eigenvalue weighted by molar-refractivity contribution is 6.31. The summed E-state index contributed by atoms with van der Waals surface area (Å²) in [7, 11) is 0. The summed E-state index contributed by atoms with van der Waals surface area (Å²) < 4.78 is 8.79. The molecule has 92 valence electrons. The lowest BCUT2D eigenvalue weighted by Crippen LogP contribution is -2.29. The van der Waals surface area contributed by atoms with E-state index in [1.807, 2.05) is 0 Å². The molecule has 0 radical (unpaired) electrons. The molecule has 0 unspecified atom stereocenters. The summed E-state index contributed by atoms with van der Waals surface area (Å²) >= 11 is 0. The molecule has 0 aromatic heterocycles. The molecule has 0 bridgehead atoms. The third-order valence-corrected chi connectivity index (χ3v) is 2.32. The predicted molar refractivity (Wildman–Crippen MR) is 51.9 cm³/mol. The van der Waals surface area contributed by atoms with Crippen LogP contribution in [0.3, 0.4) is 0 Å². The van der Waals surface area contributed by atoms with E-state index in [-0.39, 0.29) is 13.0 Å². The summed E-state index contributed by atoms with van der Waals surface area (Å²) in [5.74, 6) is -4.36. The number of hydrogen-bond acceptors (Lipinski definition) is 6. The van der Waals surface area contributed by atoms with Gasteiger partial charge >= 0.3 is 17.9 Å². The molecule has 1 saturated heterocycles. The third-order valence-electron chi connectivity index (χ3n) is 2.32. The van der Waals surface area contributed by atoms with Crippen LogP contribution in [0, 0.1) is 0 Å². The van der Waals surface area contributed by atoms with E-state index < -0.39 is 17.9 Å². The summed E-state index contributed by atoms with van der Waals surface area (Å²) in [6.07, 6.45) is 4.07. The van der Waals surface area contributed by atoms with Crippen molar-refractivity contribution < 1.29 is 29.3 Å². The second kappa shape index (κ2) is 5.81. The quantitative estimate of drug-likeness (QED) is 0.366. The third kappa shape index (κ3) is 3.79. The molecule has 1 heterocycles. The molecule has 1 fully saturated rings. The van der Waals surface area contributed by atoms with E-state index in [0.29, 0.717) is 6.42 Å². The second-order valence-corrected chi connectivity index (χ2v) is 3.73. The fourth-order valence-electron chi connectivity index (χ4n) is 1.49. The molecule has 1 aliphatic rings. The summed E-state index contributed by atoms with van der Waals surface area (Å²) in [5.41, 5.74) is 0. The first-order valence-electron chi connectivity index (χ1n) is 5.37. The molecule has 0 aromatic carbocycles. The lowest BCUT2D eigenvalue weighted by molar-refractivity contribution is -0.295. The van der Waals surface area contributed by atoms with E-state index in [2.05, 4.69) is 9.47 Å². The average Bonchev–Trinajstić information content (AvgIpc) is 2.47. The van der Waals surface area contributed by atoms with Crippen LogP contribution in [0.2, 0.25) is 0 Å². The fourth-order valence-corrected chi connectivity index (χ4v) is 1.49. The smallest absolute Gasteiger partial charge is 0.396 e. The summed E-state index contributed by atoms with van der Waals surface area (Å²) in [6, 6.07) is 0. The largest absolute Gasteiger partial charge is 0.422 e. The fraction of sp³-hybridized carbons (Fsp3) is 0.800. The van der Waals surface area contributed by atoms with Gasteiger partial charge in [-0.15, -0.1) is 0 Å². The van der Waals surface area contributed by atoms with Crippen LogP contribution in [0.5, 0.6) is 0 Å². The zero-order valence-corrected chi connectivity index (χ0v) is 8.98. The molecular weight excluding hydrogens is 216 g/mol. The van der Waals surface area contributed by atoms with Gasteiger partial charge in [0, 0.05) is 6.61 Å². The lowest BCUT2D eigenvalue weighted by atomic mass is 10.1. The molecule has 0 aromatic rings. The predicted octanol–water partition coefficient (Wildman–Crippen LogP) is 0.0654. The van der Waals surface area contributed by atoms with Crippen molar-refractivity contribution in [2.75, 3.05) is 6.61 Å². The number of aliphatic hydroxyl groups is 2. The van der Waals surface area contributed by atoms with Gasteiger partial charge in [0.25, 0.3) is 0 Å². The number of ether oxygens (including phenoxy) is 2. The van der Waals surface area contributed by atoms with Crippen LogP contribution in [0.25, 0.3) is 0 Å². The Morgan fingerprint density at radius 2 is 1.44 bits per heavy atom. The number of hydrogen-bond donors (Lipinski definition) is 2. The van der Waals surface area contributed by atoms with Gasteiger partial charge in [0.1, 0.15) is 0 Å². The first kappa shape index (κ1) is 12.9. The highest BCUT2D eigenvalue weighted by atomic mass is 16.9. The number of carbonyl (C=O) groups is 2. The van der Waals surface area contributed by atoms with Crippen molar-refractivity contribution in [1.29, 1.82) is 0 Å². The molecule has 1 aliphatic heterocycles. The van der Waals surface area contributed by atoms with E-state index in [1.165, 1.54) is 0 Å². The Morgan fingerprint density at radius 1 is 0.938 bits per heavy atom. The van der Waals surface area contributed by atoms with Crippen molar-refractivity contribution in [3.05, 3.63) is 0 Å². The van der Waals surface area contributed by atoms with Crippen LogP contribution >= 0.6 is 0 Å². The van der Waals surface area contributed by atoms with Crippen molar-refractivity contribution in [2.24, 2.45) is 0 Å². The first-order chi connectivity index (χ1) is 7.57. The van der Waals surface area contributed by atoms with E-state index >= 15 is 0 Å². The molecule has 0 saturated carbocycles. The summed E-state index contributed by atoms with van der Waals surface area (Å²) in [5, 5.41) is 18.0. The zero-order valence-electron chi connectivity index (χ0n) is 8.98. The standard InChI is InChI=1S/C10H16O6/c11-7-5-3-1-2-4-6-10(14)15-8(12)9(13)16-10/h11,14H,1-7H2. The van der Waals surface area contributed by atoms with Crippen molar-refractivity contribution in [2.45, 2.75) is 44.5 Å². The van der Waals surface area contributed by atoms with Gasteiger partial charge in [-0.1, -0.05) is 19.3 Å². The van der Waals surface area contributed by atoms with Crippen LogP contribution in [-0.2, 0) is 19.1 Å².